The molecule has 0 amide bonds. The van der Waals surface area contributed by atoms with Crippen LogP contribution in [0.4, 0.5) is 5.69 Å². The predicted octanol–water partition coefficient (Wildman–Crippen LogP) is -1.63. The van der Waals surface area contributed by atoms with E-state index in [0.717, 1.165) is 14.0 Å². The second kappa shape index (κ2) is 5.02. The van der Waals surface area contributed by atoms with Crippen molar-refractivity contribution in [1.29, 1.82) is 0 Å². The largest absolute Gasteiger partial charge is 0.467 e. The summed E-state index contributed by atoms with van der Waals surface area (Å²) in [4.78, 5) is 45.1. The van der Waals surface area contributed by atoms with E-state index in [1.54, 1.807) is 4.98 Å². The Kier molecular flexibility index (Phi) is 3.85. The number of aromatic amines is 1. The maximum Gasteiger partial charge on any atom is 0.350 e. The lowest BCUT2D eigenvalue weighted by molar-refractivity contribution is -0.386. The molecule has 0 saturated carbocycles. The summed E-state index contributed by atoms with van der Waals surface area (Å²) in [6, 6.07) is 0. The molecule has 10 heteroatoms. The highest BCUT2D eigenvalue weighted by atomic mass is 16.6. The molecule has 1 aromatic heterocycles. The molecule has 0 aliphatic rings. The second-order valence-corrected chi connectivity index (χ2v) is 3.92. The Bertz CT molecular complexity index is 627. The first-order chi connectivity index (χ1) is 8.69. The van der Waals surface area contributed by atoms with E-state index in [4.69, 9.17) is 0 Å². The van der Waals surface area contributed by atoms with Gasteiger partial charge in [0, 0.05) is 0 Å². The van der Waals surface area contributed by atoms with E-state index >= 15 is 0 Å². The maximum atomic E-state index is 11.4. The summed E-state index contributed by atoms with van der Waals surface area (Å²) in [6.45, 7) is 0.471. The topological polar surface area (TPSA) is 145 Å². The summed E-state index contributed by atoms with van der Waals surface area (Å²) in [6.07, 6.45) is 0.651. The van der Waals surface area contributed by atoms with E-state index in [-0.39, 0.29) is 0 Å². The van der Waals surface area contributed by atoms with Gasteiger partial charge in [0.05, 0.1) is 24.8 Å². The van der Waals surface area contributed by atoms with E-state index in [1.165, 1.54) is 0 Å². The van der Waals surface area contributed by atoms with E-state index < -0.39 is 40.0 Å². The van der Waals surface area contributed by atoms with Crippen molar-refractivity contribution in [1.82, 2.24) is 9.55 Å². The van der Waals surface area contributed by atoms with Crippen molar-refractivity contribution in [3.63, 3.8) is 0 Å². The average molecular weight is 273 g/mol. The molecule has 0 aromatic carbocycles. The Labute approximate surface area is 105 Å². The fourth-order valence-electron chi connectivity index (χ4n) is 1.36. The molecule has 104 valence electrons. The number of carbonyl (C=O) groups is 1. The molecule has 1 unspecified atom stereocenters. The number of carbonyl (C=O) groups excluding carboxylic acids is 1. The Morgan fingerprint density at radius 3 is 2.68 bits per heavy atom. The van der Waals surface area contributed by atoms with Crippen LogP contribution in [-0.4, -0.2) is 38.3 Å². The Balaban J connectivity index is 3.26. The van der Waals surface area contributed by atoms with E-state index in [0.29, 0.717) is 10.8 Å². The highest BCUT2D eigenvalue weighted by Crippen LogP contribution is 2.09. The molecule has 19 heavy (non-hydrogen) atoms. The number of ether oxygens (including phenoxy) is 1. The van der Waals surface area contributed by atoms with Crippen LogP contribution in [0.2, 0.25) is 0 Å². The van der Waals surface area contributed by atoms with Gasteiger partial charge in [-0.2, -0.15) is 0 Å². The van der Waals surface area contributed by atoms with Crippen LogP contribution in [0.5, 0.6) is 0 Å². The van der Waals surface area contributed by atoms with Gasteiger partial charge in [-0.3, -0.25) is 24.5 Å². The number of methoxy groups -OCH3 is 1. The Morgan fingerprint density at radius 1 is 1.63 bits per heavy atom. The lowest BCUT2D eigenvalue weighted by Gasteiger charge is -2.20. The lowest BCUT2D eigenvalue weighted by Crippen LogP contribution is -2.44. The van der Waals surface area contributed by atoms with Gasteiger partial charge in [-0.25, -0.2) is 9.59 Å². The zero-order valence-corrected chi connectivity index (χ0v) is 10.1. The zero-order valence-electron chi connectivity index (χ0n) is 10.1. The third kappa shape index (κ3) is 3.04. The summed E-state index contributed by atoms with van der Waals surface area (Å²) in [5, 5.41) is 20.3. The first-order valence-electron chi connectivity index (χ1n) is 4.98. The SMILES string of the molecule is COC(=O)C(C)(O)Cn1cc([N+](=O)[O-])c(=O)[nH]c1=O. The summed E-state index contributed by atoms with van der Waals surface area (Å²) >= 11 is 0. The molecule has 0 fully saturated rings. The quantitative estimate of drug-likeness (QED) is 0.380. The van der Waals surface area contributed by atoms with Crippen molar-refractivity contribution < 1.29 is 19.6 Å². The van der Waals surface area contributed by atoms with Crippen LogP contribution in [0, 0.1) is 10.1 Å². The molecule has 0 aliphatic carbocycles. The number of nitro groups is 1. The summed E-state index contributed by atoms with van der Waals surface area (Å²) < 4.78 is 4.97. The molecule has 0 saturated heterocycles. The van der Waals surface area contributed by atoms with Crippen LogP contribution < -0.4 is 11.2 Å². The van der Waals surface area contributed by atoms with E-state index in [9.17, 15) is 29.6 Å². The third-order valence-corrected chi connectivity index (χ3v) is 2.29. The van der Waals surface area contributed by atoms with Gasteiger partial charge in [0.1, 0.15) is 0 Å². The van der Waals surface area contributed by atoms with Crippen LogP contribution >= 0.6 is 0 Å². The number of H-pyrrole nitrogens is 1. The van der Waals surface area contributed by atoms with E-state index in [1.807, 2.05) is 0 Å². The van der Waals surface area contributed by atoms with Crippen molar-refractivity contribution >= 4 is 11.7 Å². The van der Waals surface area contributed by atoms with Gasteiger partial charge >= 0.3 is 22.9 Å². The Morgan fingerprint density at radius 2 is 2.21 bits per heavy atom. The summed E-state index contributed by atoms with van der Waals surface area (Å²) in [5.41, 5.74) is -5.09. The van der Waals surface area contributed by atoms with Gasteiger partial charge in [-0.15, -0.1) is 0 Å². The van der Waals surface area contributed by atoms with Crippen molar-refractivity contribution in [3.8, 4) is 0 Å². The first-order valence-corrected chi connectivity index (χ1v) is 4.98. The molecule has 2 N–H and O–H groups in total. The summed E-state index contributed by atoms with van der Waals surface area (Å²) in [5.74, 6) is -1.02. The number of nitrogens with zero attached hydrogens (tertiary/aromatic N) is 2. The number of rotatable bonds is 4. The molecular formula is C9H11N3O7. The van der Waals surface area contributed by atoms with Crippen LogP contribution in [0.1, 0.15) is 6.92 Å². The molecular weight excluding hydrogens is 262 g/mol. The smallest absolute Gasteiger partial charge is 0.350 e. The maximum absolute atomic E-state index is 11.4. The number of esters is 1. The highest BCUT2D eigenvalue weighted by Gasteiger charge is 2.33. The van der Waals surface area contributed by atoms with Gasteiger partial charge < -0.3 is 9.84 Å². The molecule has 0 bridgehead atoms. The molecule has 1 atom stereocenters. The third-order valence-electron chi connectivity index (χ3n) is 2.29. The molecule has 10 nitrogen and oxygen atoms in total. The lowest BCUT2D eigenvalue weighted by atomic mass is 10.1. The van der Waals surface area contributed by atoms with Gasteiger partial charge in [-0.1, -0.05) is 0 Å². The number of hydrogen-bond acceptors (Lipinski definition) is 7. The van der Waals surface area contributed by atoms with Crippen LogP contribution in [-0.2, 0) is 16.1 Å². The van der Waals surface area contributed by atoms with Crippen molar-refractivity contribution in [3.05, 3.63) is 37.1 Å². The summed E-state index contributed by atoms with van der Waals surface area (Å²) in [7, 11) is 1.04. The van der Waals surface area contributed by atoms with E-state index in [2.05, 4.69) is 4.74 Å². The molecule has 1 rings (SSSR count). The van der Waals surface area contributed by atoms with Crippen LogP contribution in [0.15, 0.2) is 15.8 Å². The normalized spacial score (nSPS) is 13.6. The highest BCUT2D eigenvalue weighted by molar-refractivity contribution is 5.78. The van der Waals surface area contributed by atoms with Gasteiger partial charge in [0.2, 0.25) is 0 Å². The zero-order chi connectivity index (χ0) is 14.8. The van der Waals surface area contributed by atoms with Gasteiger partial charge in [-0.05, 0) is 6.92 Å². The first kappa shape index (κ1) is 14.6. The fraction of sp³-hybridized carbons (Fsp3) is 0.444. The standard InChI is InChI=1S/C9H11N3O7/c1-9(16,7(14)19-2)4-11-3-5(12(17)18)6(13)10-8(11)15/h3,16H,4H2,1-2H3,(H,10,13,15). The van der Waals surface area contributed by atoms with Gasteiger partial charge in [0.15, 0.2) is 5.60 Å². The number of aliphatic hydroxyl groups is 1. The monoisotopic (exact) mass is 273 g/mol. The van der Waals surface area contributed by atoms with Crippen LogP contribution in [0.3, 0.4) is 0 Å². The average Bonchev–Trinajstić information content (AvgIpc) is 2.30. The number of nitrogens with one attached hydrogen (secondary N) is 1. The molecule has 0 aliphatic heterocycles. The second-order valence-electron chi connectivity index (χ2n) is 3.92. The van der Waals surface area contributed by atoms with Crippen molar-refractivity contribution in [2.45, 2.75) is 19.1 Å². The molecule has 1 aromatic rings. The van der Waals surface area contributed by atoms with Gasteiger partial charge in [0.25, 0.3) is 0 Å². The molecule has 0 spiro atoms. The number of aromatic nitrogens is 2. The minimum absolute atomic E-state index is 0.601. The minimum Gasteiger partial charge on any atom is -0.467 e. The number of hydrogen-bond donors (Lipinski definition) is 2. The molecule has 1 heterocycles. The Hall–Kier alpha value is -2.49. The minimum atomic E-state index is -2.06. The van der Waals surface area contributed by atoms with Crippen molar-refractivity contribution in [2.24, 2.45) is 0 Å². The fourth-order valence-corrected chi connectivity index (χ4v) is 1.36. The van der Waals surface area contributed by atoms with Crippen LogP contribution in [0.25, 0.3) is 0 Å². The predicted molar refractivity (Wildman–Crippen MR) is 60.6 cm³/mol. The molecule has 0 radical (unpaired) electrons. The van der Waals surface area contributed by atoms with Crippen molar-refractivity contribution in [2.75, 3.05) is 7.11 Å².